The smallest absolute Gasteiger partial charge is 0.262 e. The van der Waals surface area contributed by atoms with Crippen LogP contribution in [0.2, 0.25) is 0 Å². The van der Waals surface area contributed by atoms with E-state index in [-0.39, 0.29) is 18.4 Å². The average Bonchev–Trinajstić information content (AvgIpc) is 3.34. The molecule has 10 heteroatoms. The fourth-order valence-corrected chi connectivity index (χ4v) is 5.71. The molecule has 0 bridgehead atoms. The molecule has 2 aliphatic rings. The third-order valence-corrected chi connectivity index (χ3v) is 7.60. The predicted molar refractivity (Wildman–Crippen MR) is 142 cm³/mol. The van der Waals surface area contributed by atoms with E-state index < -0.39 is 0 Å². The van der Waals surface area contributed by atoms with Gasteiger partial charge in [-0.15, -0.1) is 11.3 Å². The largest absolute Gasteiger partial charge is 0.484 e. The second kappa shape index (κ2) is 11.5. The molecule has 0 radical (unpaired) electrons. The number of aromatic nitrogens is 1. The first kappa shape index (κ1) is 24.9. The number of fused-ring (bicyclic) bond motifs is 1. The maximum absolute atomic E-state index is 12.9. The molecule has 3 aromatic rings. The van der Waals surface area contributed by atoms with Crippen LogP contribution in [0.4, 0.5) is 10.8 Å². The summed E-state index contributed by atoms with van der Waals surface area (Å²) < 4.78 is 5.60. The number of aryl methyl sites for hydroxylation is 1. The van der Waals surface area contributed by atoms with Gasteiger partial charge in [0.25, 0.3) is 11.8 Å². The number of anilines is 2. The SMILES string of the molecule is N#Cc1ccc(NC(=O)COc2cccc(C(=O)Nc3nc4c(s3)CC(N3CCNCC3)CC4)c2)cc1. The number of carbonyl (C=O) groups is 2. The van der Waals surface area contributed by atoms with Gasteiger partial charge in [-0.3, -0.25) is 19.8 Å². The van der Waals surface area contributed by atoms with Gasteiger partial charge in [-0.1, -0.05) is 6.07 Å². The molecule has 1 saturated heterocycles. The highest BCUT2D eigenvalue weighted by atomic mass is 32.1. The summed E-state index contributed by atoms with van der Waals surface area (Å²) in [5.74, 6) is -0.191. The molecule has 2 aromatic carbocycles. The highest BCUT2D eigenvalue weighted by Crippen LogP contribution is 2.32. The monoisotopic (exact) mass is 516 g/mol. The van der Waals surface area contributed by atoms with Gasteiger partial charge in [0, 0.05) is 48.3 Å². The topological polar surface area (TPSA) is 119 Å². The Kier molecular flexibility index (Phi) is 7.75. The van der Waals surface area contributed by atoms with E-state index in [0.717, 1.165) is 51.1 Å². The van der Waals surface area contributed by atoms with Crippen LogP contribution in [0.15, 0.2) is 48.5 Å². The average molecular weight is 517 g/mol. The van der Waals surface area contributed by atoms with Gasteiger partial charge < -0.3 is 15.4 Å². The van der Waals surface area contributed by atoms with Crippen LogP contribution in [-0.4, -0.2) is 60.5 Å². The zero-order chi connectivity index (χ0) is 25.6. The molecule has 37 heavy (non-hydrogen) atoms. The second-order valence-corrected chi connectivity index (χ2v) is 10.2. The number of ether oxygens (including phenoxy) is 1. The lowest BCUT2D eigenvalue weighted by atomic mass is 9.96. The van der Waals surface area contributed by atoms with Gasteiger partial charge in [0.15, 0.2) is 11.7 Å². The van der Waals surface area contributed by atoms with Crippen molar-refractivity contribution in [2.45, 2.75) is 25.3 Å². The highest BCUT2D eigenvalue weighted by Gasteiger charge is 2.28. The first-order valence-electron chi connectivity index (χ1n) is 12.3. The van der Waals surface area contributed by atoms with Gasteiger partial charge >= 0.3 is 0 Å². The van der Waals surface area contributed by atoms with E-state index in [4.69, 9.17) is 10.00 Å². The Morgan fingerprint density at radius 2 is 1.97 bits per heavy atom. The Morgan fingerprint density at radius 3 is 2.76 bits per heavy atom. The summed E-state index contributed by atoms with van der Waals surface area (Å²) in [7, 11) is 0. The highest BCUT2D eigenvalue weighted by molar-refractivity contribution is 7.15. The molecule has 1 aromatic heterocycles. The quantitative estimate of drug-likeness (QED) is 0.442. The lowest BCUT2D eigenvalue weighted by Crippen LogP contribution is -2.49. The summed E-state index contributed by atoms with van der Waals surface area (Å²) in [6.45, 7) is 4.03. The number of amides is 2. The third kappa shape index (κ3) is 6.32. The van der Waals surface area contributed by atoms with Crippen LogP contribution >= 0.6 is 11.3 Å². The molecule has 1 unspecified atom stereocenters. The summed E-state index contributed by atoms with van der Waals surface area (Å²) >= 11 is 1.56. The van der Waals surface area contributed by atoms with Crippen LogP contribution < -0.4 is 20.7 Å². The summed E-state index contributed by atoms with van der Waals surface area (Å²) in [5.41, 5.74) is 2.61. The zero-order valence-electron chi connectivity index (χ0n) is 20.3. The molecule has 1 aliphatic carbocycles. The number of piperazine rings is 1. The normalized spacial score (nSPS) is 17.3. The van der Waals surface area contributed by atoms with Crippen molar-refractivity contribution in [3.05, 3.63) is 70.2 Å². The molecule has 2 heterocycles. The minimum atomic E-state index is -0.341. The van der Waals surface area contributed by atoms with E-state index in [9.17, 15) is 9.59 Å². The summed E-state index contributed by atoms with van der Waals surface area (Å²) in [6, 6.07) is 15.9. The van der Waals surface area contributed by atoms with E-state index in [1.807, 2.05) is 6.07 Å². The Bertz CT molecular complexity index is 1310. The van der Waals surface area contributed by atoms with Crippen molar-refractivity contribution >= 4 is 34.0 Å². The number of rotatable bonds is 7. The number of benzene rings is 2. The molecule has 9 nitrogen and oxygen atoms in total. The maximum atomic E-state index is 12.9. The Balaban J connectivity index is 1.15. The number of thiazole rings is 1. The molecule has 5 rings (SSSR count). The zero-order valence-corrected chi connectivity index (χ0v) is 21.1. The summed E-state index contributed by atoms with van der Waals surface area (Å²) in [6.07, 6.45) is 3.02. The van der Waals surface area contributed by atoms with Crippen molar-refractivity contribution in [1.29, 1.82) is 5.26 Å². The van der Waals surface area contributed by atoms with Crippen molar-refractivity contribution < 1.29 is 14.3 Å². The Labute approximate surface area is 219 Å². The lowest BCUT2D eigenvalue weighted by Gasteiger charge is -2.36. The van der Waals surface area contributed by atoms with Crippen LogP contribution in [0.3, 0.4) is 0 Å². The molecule has 0 saturated carbocycles. The molecule has 190 valence electrons. The van der Waals surface area contributed by atoms with E-state index in [2.05, 4.69) is 25.8 Å². The van der Waals surface area contributed by atoms with Gasteiger partial charge in [-0.05, 0) is 61.7 Å². The second-order valence-electron chi connectivity index (χ2n) is 9.08. The van der Waals surface area contributed by atoms with Gasteiger partial charge in [0.1, 0.15) is 5.75 Å². The molecule has 1 atom stereocenters. The van der Waals surface area contributed by atoms with E-state index in [1.54, 1.807) is 59.9 Å². The van der Waals surface area contributed by atoms with Crippen LogP contribution in [0.1, 0.15) is 32.9 Å². The third-order valence-electron chi connectivity index (χ3n) is 6.57. The van der Waals surface area contributed by atoms with Crippen LogP contribution in [0.5, 0.6) is 5.75 Å². The van der Waals surface area contributed by atoms with Gasteiger partial charge in [0.05, 0.1) is 17.3 Å². The predicted octanol–water partition coefficient (Wildman–Crippen LogP) is 3.05. The van der Waals surface area contributed by atoms with Crippen molar-refractivity contribution in [3.63, 3.8) is 0 Å². The lowest BCUT2D eigenvalue weighted by molar-refractivity contribution is -0.118. The number of hydrogen-bond acceptors (Lipinski definition) is 8. The first-order chi connectivity index (χ1) is 18.1. The Hall–Kier alpha value is -3.78. The fourth-order valence-electron chi connectivity index (χ4n) is 4.64. The van der Waals surface area contributed by atoms with Crippen LogP contribution in [0.25, 0.3) is 0 Å². The standard InChI is InChI=1S/C27H28N6O3S/c28-16-18-4-6-20(7-5-18)30-25(34)17-36-22-3-1-2-19(14-22)26(35)32-27-31-23-9-8-21(15-24(23)37-27)33-12-10-29-11-13-33/h1-7,14,21,29H,8-13,15,17H2,(H,30,34)(H,31,32,35). The van der Waals surface area contributed by atoms with Crippen LogP contribution in [-0.2, 0) is 17.6 Å². The fraction of sp³-hybridized carbons (Fsp3) is 0.333. The number of nitrogens with zero attached hydrogens (tertiary/aromatic N) is 3. The maximum Gasteiger partial charge on any atom is 0.262 e. The van der Waals surface area contributed by atoms with Gasteiger partial charge in [0.2, 0.25) is 0 Å². The van der Waals surface area contributed by atoms with Gasteiger partial charge in [-0.25, -0.2) is 4.98 Å². The first-order valence-corrected chi connectivity index (χ1v) is 13.2. The van der Waals surface area contributed by atoms with E-state index in [0.29, 0.717) is 33.7 Å². The number of nitriles is 1. The number of nitrogens with one attached hydrogen (secondary N) is 3. The van der Waals surface area contributed by atoms with Crippen molar-refractivity contribution in [3.8, 4) is 11.8 Å². The number of hydrogen-bond donors (Lipinski definition) is 3. The van der Waals surface area contributed by atoms with Crippen LogP contribution in [0, 0.1) is 11.3 Å². The van der Waals surface area contributed by atoms with E-state index in [1.165, 1.54) is 4.88 Å². The molecule has 2 amide bonds. The van der Waals surface area contributed by atoms with Crippen molar-refractivity contribution in [2.75, 3.05) is 43.4 Å². The van der Waals surface area contributed by atoms with E-state index >= 15 is 0 Å². The molecule has 1 fully saturated rings. The summed E-state index contributed by atoms with van der Waals surface area (Å²) in [5, 5.41) is 18.5. The minimum Gasteiger partial charge on any atom is -0.484 e. The molecular formula is C27H28N6O3S. The minimum absolute atomic E-state index is 0.210. The van der Waals surface area contributed by atoms with Gasteiger partial charge in [-0.2, -0.15) is 5.26 Å². The molecule has 3 N–H and O–H groups in total. The Morgan fingerprint density at radius 1 is 1.16 bits per heavy atom. The molecular weight excluding hydrogens is 488 g/mol. The van der Waals surface area contributed by atoms with Crippen molar-refractivity contribution in [1.82, 2.24) is 15.2 Å². The summed E-state index contributed by atoms with van der Waals surface area (Å²) in [4.78, 5) is 33.6. The molecule has 1 aliphatic heterocycles. The molecule has 0 spiro atoms. The number of carbonyl (C=O) groups excluding carboxylic acids is 2. The van der Waals surface area contributed by atoms with Crippen molar-refractivity contribution in [2.24, 2.45) is 0 Å².